The highest BCUT2D eigenvalue weighted by Crippen LogP contribution is 2.41. The lowest BCUT2D eigenvalue weighted by molar-refractivity contribution is 0.425. The molecular weight excluding hydrogens is 567 g/mol. The van der Waals surface area contributed by atoms with Gasteiger partial charge >= 0.3 is 7.12 Å². The van der Waals surface area contributed by atoms with Crippen LogP contribution >= 0.6 is 0 Å². The zero-order valence-electron chi connectivity index (χ0n) is 24.6. The van der Waals surface area contributed by atoms with E-state index in [0.29, 0.717) is 16.6 Å². The van der Waals surface area contributed by atoms with Gasteiger partial charge in [-0.1, -0.05) is 84.9 Å². The number of aromatic nitrogens is 2. The average molecular weight is 592 g/mol. The Morgan fingerprint density at radius 2 is 1.04 bits per heavy atom. The largest absolute Gasteiger partial charge is 0.492 e. The molecule has 0 fully saturated rings. The van der Waals surface area contributed by atoms with E-state index in [4.69, 9.17) is 4.42 Å². The molecule has 7 aromatic carbocycles. The quantitative estimate of drug-likeness (QED) is 0.202. The number of fused-ring (bicyclic) bond motifs is 11. The first-order valence-corrected chi connectivity index (χ1v) is 15.4. The minimum atomic E-state index is -1.65. The number of hydrogen-bond acceptors (Lipinski definition) is 3. The summed E-state index contributed by atoms with van der Waals surface area (Å²) >= 11 is 0. The Morgan fingerprint density at radius 3 is 1.72 bits per heavy atom. The van der Waals surface area contributed by atoms with Gasteiger partial charge in [0.1, 0.15) is 11.2 Å². The van der Waals surface area contributed by atoms with Crippen LogP contribution in [0.15, 0.2) is 144 Å². The number of para-hydroxylation sites is 3. The average Bonchev–Trinajstić information content (AvgIpc) is 3.74. The van der Waals surface area contributed by atoms with Crippen molar-refractivity contribution in [1.82, 2.24) is 9.13 Å². The van der Waals surface area contributed by atoms with E-state index < -0.39 is 7.12 Å². The second kappa shape index (κ2) is 9.35. The molecule has 0 radical (unpaired) electrons. The fraction of sp³-hybridized carbons (Fsp3) is 0. The summed E-state index contributed by atoms with van der Waals surface area (Å²) in [6, 6.07) is 48.5. The topological polar surface area (TPSA) is 63.5 Å². The van der Waals surface area contributed by atoms with Crippen molar-refractivity contribution in [3.05, 3.63) is 140 Å². The summed E-state index contributed by atoms with van der Waals surface area (Å²) in [6.07, 6.45) is 0. The minimum absolute atomic E-state index is 0.362. The van der Waals surface area contributed by atoms with Crippen LogP contribution in [0, 0.1) is 0 Å². The molecule has 0 saturated carbocycles. The summed E-state index contributed by atoms with van der Waals surface area (Å²) in [5.41, 5.74) is 8.27. The Balaban J connectivity index is 1.33. The van der Waals surface area contributed by atoms with Gasteiger partial charge in [-0.15, -0.1) is 0 Å². The van der Waals surface area contributed by atoms with Crippen LogP contribution in [0.25, 0.3) is 87.7 Å². The minimum Gasteiger partial charge on any atom is -0.456 e. The normalized spacial score (nSPS) is 12.1. The smallest absolute Gasteiger partial charge is 0.456 e. The molecule has 0 aliphatic heterocycles. The van der Waals surface area contributed by atoms with Gasteiger partial charge in [-0.05, 0) is 65.4 Å². The highest BCUT2D eigenvalue weighted by atomic mass is 16.4. The van der Waals surface area contributed by atoms with Gasteiger partial charge in [0.2, 0.25) is 0 Å². The van der Waals surface area contributed by atoms with Crippen LogP contribution in [0.5, 0.6) is 0 Å². The molecule has 10 rings (SSSR count). The van der Waals surface area contributed by atoms with Gasteiger partial charge in [0.05, 0.1) is 22.1 Å². The number of nitrogens with zero attached hydrogens (tertiary/aromatic N) is 2. The summed E-state index contributed by atoms with van der Waals surface area (Å²) in [4.78, 5) is 0. The molecule has 5 nitrogen and oxygen atoms in total. The molecule has 46 heavy (non-hydrogen) atoms. The van der Waals surface area contributed by atoms with Gasteiger partial charge in [-0.3, -0.25) is 0 Å². The Labute approximate surface area is 262 Å². The zero-order valence-corrected chi connectivity index (χ0v) is 24.6. The van der Waals surface area contributed by atoms with Gasteiger partial charge < -0.3 is 23.6 Å². The van der Waals surface area contributed by atoms with Gasteiger partial charge in [0.15, 0.2) is 0 Å². The molecule has 2 N–H and O–H groups in total. The Hall–Kier alpha value is -5.82. The van der Waals surface area contributed by atoms with Crippen molar-refractivity contribution >= 4 is 88.9 Å². The van der Waals surface area contributed by atoms with Crippen LogP contribution in [-0.4, -0.2) is 26.3 Å². The summed E-state index contributed by atoms with van der Waals surface area (Å²) in [5, 5.41) is 29.1. The highest BCUT2D eigenvalue weighted by Gasteiger charge is 2.23. The maximum Gasteiger partial charge on any atom is 0.492 e. The van der Waals surface area contributed by atoms with Crippen LogP contribution in [0.2, 0.25) is 0 Å². The fourth-order valence-electron chi connectivity index (χ4n) is 7.53. The number of rotatable bonds is 3. The van der Waals surface area contributed by atoms with Gasteiger partial charge in [-0.25, -0.2) is 0 Å². The molecule has 0 unspecified atom stereocenters. The van der Waals surface area contributed by atoms with E-state index in [2.05, 4.69) is 118 Å². The predicted molar refractivity (Wildman–Crippen MR) is 190 cm³/mol. The monoisotopic (exact) mass is 592 g/mol. The van der Waals surface area contributed by atoms with Crippen LogP contribution < -0.4 is 5.46 Å². The van der Waals surface area contributed by atoms with E-state index in [1.165, 1.54) is 32.6 Å². The molecule has 0 aliphatic carbocycles. The zero-order chi connectivity index (χ0) is 30.5. The molecule has 0 bridgehead atoms. The van der Waals surface area contributed by atoms with Crippen molar-refractivity contribution in [2.45, 2.75) is 0 Å². The third-order valence-electron chi connectivity index (χ3n) is 9.49. The van der Waals surface area contributed by atoms with E-state index in [1.807, 2.05) is 24.3 Å². The van der Waals surface area contributed by atoms with Crippen LogP contribution in [0.1, 0.15) is 0 Å². The highest BCUT2D eigenvalue weighted by molar-refractivity contribution is 6.62. The first kappa shape index (κ1) is 25.5. The predicted octanol–water partition coefficient (Wildman–Crippen LogP) is 8.61. The first-order valence-electron chi connectivity index (χ1n) is 15.4. The van der Waals surface area contributed by atoms with E-state index in [-0.39, 0.29) is 0 Å². The third kappa shape index (κ3) is 3.42. The van der Waals surface area contributed by atoms with Crippen molar-refractivity contribution < 1.29 is 14.5 Å². The number of furan rings is 1. The van der Waals surface area contributed by atoms with Crippen molar-refractivity contribution in [1.29, 1.82) is 0 Å². The SMILES string of the molecule is OB(O)c1cc2ccccc2c2c1oc1ccc(-n3c4ccccc4c4cc5c(cc43)c3ccccc3n5-c3ccccc3)cc12. The standard InChI is InChI=1S/C40H25BN2O3/c44-41(45)33-20-24-10-4-5-13-27(24)39-32-21-26(18-19-38(32)46-40(33)39)43-35-17-9-7-15-29(35)31-22-36-30(23-37(31)43)28-14-6-8-16-34(28)42(36)25-11-2-1-3-12-25/h1-23,44-45H. The first-order chi connectivity index (χ1) is 22.7. The summed E-state index contributed by atoms with van der Waals surface area (Å²) in [6.45, 7) is 0. The van der Waals surface area contributed by atoms with Gasteiger partial charge in [0.25, 0.3) is 0 Å². The third-order valence-corrected chi connectivity index (χ3v) is 9.49. The second-order valence-electron chi connectivity index (χ2n) is 12.0. The number of benzene rings is 7. The van der Waals surface area contributed by atoms with E-state index in [1.54, 1.807) is 6.07 Å². The Bertz CT molecular complexity index is 2840. The van der Waals surface area contributed by atoms with Crippen molar-refractivity contribution in [3.8, 4) is 11.4 Å². The molecule has 216 valence electrons. The van der Waals surface area contributed by atoms with Gasteiger partial charge in [-0.2, -0.15) is 0 Å². The molecule has 0 saturated heterocycles. The van der Waals surface area contributed by atoms with Crippen molar-refractivity contribution in [2.24, 2.45) is 0 Å². The summed E-state index contributed by atoms with van der Waals surface area (Å²) in [7, 11) is -1.65. The molecular formula is C40H25BN2O3. The molecule has 3 aromatic heterocycles. The molecule has 0 atom stereocenters. The number of hydrogen-bond donors (Lipinski definition) is 2. The maximum atomic E-state index is 10.3. The van der Waals surface area contributed by atoms with Gasteiger partial charge in [0, 0.05) is 49.2 Å². The molecule has 3 heterocycles. The van der Waals surface area contributed by atoms with E-state index in [0.717, 1.165) is 44.0 Å². The molecule has 0 amide bonds. The lowest BCUT2D eigenvalue weighted by Crippen LogP contribution is -2.30. The lowest BCUT2D eigenvalue weighted by atomic mass is 9.78. The Kier molecular flexibility index (Phi) is 5.18. The molecule has 0 aliphatic rings. The van der Waals surface area contributed by atoms with Crippen LogP contribution in [0.4, 0.5) is 0 Å². The van der Waals surface area contributed by atoms with E-state index >= 15 is 0 Å². The molecule has 0 spiro atoms. The van der Waals surface area contributed by atoms with Crippen LogP contribution in [0.3, 0.4) is 0 Å². The van der Waals surface area contributed by atoms with Crippen molar-refractivity contribution in [3.63, 3.8) is 0 Å². The summed E-state index contributed by atoms with van der Waals surface area (Å²) in [5.74, 6) is 0. The fourth-order valence-corrected chi connectivity index (χ4v) is 7.53. The van der Waals surface area contributed by atoms with E-state index in [9.17, 15) is 10.0 Å². The molecule has 10 aromatic rings. The second-order valence-corrected chi connectivity index (χ2v) is 12.0. The maximum absolute atomic E-state index is 10.3. The van der Waals surface area contributed by atoms with Crippen LogP contribution in [-0.2, 0) is 0 Å². The lowest BCUT2D eigenvalue weighted by Gasteiger charge is -2.09. The van der Waals surface area contributed by atoms with Crippen molar-refractivity contribution in [2.75, 3.05) is 0 Å². The Morgan fingerprint density at radius 1 is 0.457 bits per heavy atom. The summed E-state index contributed by atoms with van der Waals surface area (Å²) < 4.78 is 11.0. The molecule has 6 heteroatoms.